The third-order valence-electron chi connectivity index (χ3n) is 1.22. The van der Waals surface area contributed by atoms with E-state index in [9.17, 15) is 0 Å². The summed E-state index contributed by atoms with van der Waals surface area (Å²) in [4.78, 5) is 0. The van der Waals surface area contributed by atoms with Crippen molar-refractivity contribution < 1.29 is 21.7 Å². The number of hydrogen-bond donors (Lipinski definition) is 0. The van der Waals surface area contributed by atoms with E-state index in [-0.39, 0.29) is 21.7 Å². The summed E-state index contributed by atoms with van der Waals surface area (Å²) in [6, 6.07) is 8.48. The smallest absolute Gasteiger partial charge is 0 e. The fraction of sp³-hybridized carbons (Fsp3) is 0.250. The minimum Gasteiger partial charge on any atom is -0.0591 e. The average Bonchev–Trinajstić information content (AvgIpc) is 1.77. The zero-order valence-corrected chi connectivity index (χ0v) is 7.37. The van der Waals surface area contributed by atoms with Gasteiger partial charge in [0.05, 0.1) is 0 Å². The minimum atomic E-state index is 0. The van der Waals surface area contributed by atoms with Crippen molar-refractivity contribution in [1.82, 2.24) is 0 Å². The van der Waals surface area contributed by atoms with Gasteiger partial charge in [-0.15, -0.1) is 0 Å². The Hall–Kier alpha value is -0.0657. The summed E-state index contributed by atoms with van der Waals surface area (Å²) in [6.45, 7) is 4.19. The first-order chi connectivity index (χ1) is 3.79. The van der Waals surface area contributed by atoms with Gasteiger partial charge in [0.2, 0.25) is 0 Å². The van der Waals surface area contributed by atoms with E-state index in [1.165, 1.54) is 11.1 Å². The van der Waals surface area contributed by atoms with E-state index in [2.05, 4.69) is 38.1 Å². The van der Waals surface area contributed by atoms with Crippen LogP contribution in [0.1, 0.15) is 11.1 Å². The second kappa shape index (κ2) is 3.87. The van der Waals surface area contributed by atoms with Gasteiger partial charge in [-0.1, -0.05) is 35.4 Å². The van der Waals surface area contributed by atoms with Gasteiger partial charge in [0.15, 0.2) is 0 Å². The molecule has 1 rings (SSSR count). The van der Waals surface area contributed by atoms with Crippen LogP contribution >= 0.6 is 0 Å². The zero-order valence-electron chi connectivity index (χ0n) is 5.81. The van der Waals surface area contributed by atoms with Crippen LogP contribution in [-0.4, -0.2) is 0 Å². The monoisotopic (exact) mass is 154 g/mol. The van der Waals surface area contributed by atoms with E-state index in [0.717, 1.165) is 0 Å². The van der Waals surface area contributed by atoms with Crippen LogP contribution in [0.2, 0.25) is 0 Å². The molecule has 0 amide bonds. The van der Waals surface area contributed by atoms with Crippen LogP contribution in [0, 0.1) is 13.8 Å². The predicted octanol–water partition coefficient (Wildman–Crippen LogP) is 2.30. The quantitative estimate of drug-likeness (QED) is 0.503. The second-order valence-electron chi connectivity index (χ2n) is 2.15. The van der Waals surface area contributed by atoms with Crippen LogP contribution in [0.25, 0.3) is 0 Å². The maximum absolute atomic E-state index is 2.12. The van der Waals surface area contributed by atoms with Crippen molar-refractivity contribution >= 4 is 0 Å². The third-order valence-corrected chi connectivity index (χ3v) is 1.22. The summed E-state index contributed by atoms with van der Waals surface area (Å²) in [6.07, 6.45) is 0. The Morgan fingerprint density at radius 3 is 1.22 bits per heavy atom. The van der Waals surface area contributed by atoms with Crippen LogP contribution in [-0.2, 0) is 21.7 Å². The van der Waals surface area contributed by atoms with Crippen molar-refractivity contribution in [2.45, 2.75) is 13.8 Å². The molecule has 1 aromatic carbocycles. The molecule has 0 aliphatic carbocycles. The fourth-order valence-corrected chi connectivity index (χ4v) is 0.637. The van der Waals surface area contributed by atoms with Gasteiger partial charge in [0.25, 0.3) is 0 Å². The van der Waals surface area contributed by atoms with Gasteiger partial charge in [-0.05, 0) is 13.8 Å². The van der Waals surface area contributed by atoms with Crippen molar-refractivity contribution in [2.24, 2.45) is 0 Å². The van der Waals surface area contributed by atoms with Gasteiger partial charge in [-0.25, -0.2) is 0 Å². The number of rotatable bonds is 0. The van der Waals surface area contributed by atoms with Crippen LogP contribution in [0.5, 0.6) is 0 Å². The molecule has 0 aliphatic rings. The molecule has 0 fully saturated rings. The van der Waals surface area contributed by atoms with Gasteiger partial charge >= 0.3 is 0 Å². The molecule has 0 saturated carbocycles. The normalized spacial score (nSPS) is 8.22. The Labute approximate surface area is 71.2 Å². The van der Waals surface area contributed by atoms with Crippen LogP contribution < -0.4 is 0 Å². The van der Waals surface area contributed by atoms with Crippen molar-refractivity contribution in [1.29, 1.82) is 0 Å². The second-order valence-corrected chi connectivity index (χ2v) is 2.15. The van der Waals surface area contributed by atoms with Crippen molar-refractivity contribution in [2.75, 3.05) is 0 Å². The summed E-state index contributed by atoms with van der Waals surface area (Å²) in [5.41, 5.74) is 2.66. The molecule has 0 spiro atoms. The minimum absolute atomic E-state index is 0. The fourth-order valence-electron chi connectivity index (χ4n) is 0.637. The summed E-state index contributed by atoms with van der Waals surface area (Å²) < 4.78 is 0. The molecule has 0 unspecified atom stereocenters. The first kappa shape index (κ1) is 8.93. The summed E-state index contributed by atoms with van der Waals surface area (Å²) in [5, 5.41) is 0. The summed E-state index contributed by atoms with van der Waals surface area (Å²) in [7, 11) is 0. The molecule has 0 radical (unpaired) electrons. The SMILES string of the molecule is Cc1ccc(C)cc1.[Ti]. The van der Waals surface area contributed by atoms with E-state index in [1.54, 1.807) is 0 Å². The van der Waals surface area contributed by atoms with E-state index in [1.807, 2.05) is 0 Å². The van der Waals surface area contributed by atoms with Gasteiger partial charge < -0.3 is 0 Å². The van der Waals surface area contributed by atoms with Crippen LogP contribution in [0.3, 0.4) is 0 Å². The Bertz CT molecular complexity index is 143. The molecule has 9 heavy (non-hydrogen) atoms. The number of aryl methyl sites for hydroxylation is 2. The Kier molecular flexibility index (Phi) is 3.84. The molecule has 0 aromatic heterocycles. The maximum Gasteiger partial charge on any atom is 0 e. The molecule has 0 heterocycles. The first-order valence-corrected chi connectivity index (χ1v) is 2.82. The summed E-state index contributed by atoms with van der Waals surface area (Å²) in [5.74, 6) is 0. The van der Waals surface area contributed by atoms with Crippen molar-refractivity contribution in [3.05, 3.63) is 35.4 Å². The largest absolute Gasteiger partial charge is 0.0591 e. The topological polar surface area (TPSA) is 0 Å². The first-order valence-electron chi connectivity index (χ1n) is 2.82. The summed E-state index contributed by atoms with van der Waals surface area (Å²) >= 11 is 0. The van der Waals surface area contributed by atoms with E-state index in [0.29, 0.717) is 0 Å². The molecule has 46 valence electrons. The van der Waals surface area contributed by atoms with E-state index in [4.69, 9.17) is 0 Å². The van der Waals surface area contributed by atoms with Gasteiger partial charge in [-0.3, -0.25) is 0 Å². The number of hydrogen-bond acceptors (Lipinski definition) is 0. The standard InChI is InChI=1S/C8H10.Ti/c1-7-3-5-8(2)6-4-7;/h3-6H,1-2H3;. The molecule has 1 aromatic rings. The van der Waals surface area contributed by atoms with Crippen molar-refractivity contribution in [3.63, 3.8) is 0 Å². The molecule has 0 bridgehead atoms. The molecule has 0 nitrogen and oxygen atoms in total. The molecule has 0 N–H and O–H groups in total. The Balaban J connectivity index is 0.000000640. The predicted molar refractivity (Wildman–Crippen MR) is 35.9 cm³/mol. The molecule has 1 heteroatoms. The van der Waals surface area contributed by atoms with Gasteiger partial charge in [0.1, 0.15) is 0 Å². The average molecular weight is 154 g/mol. The zero-order chi connectivity index (χ0) is 5.98. The molecule has 0 aliphatic heterocycles. The Morgan fingerprint density at radius 1 is 0.778 bits per heavy atom. The molecule has 0 saturated heterocycles. The van der Waals surface area contributed by atoms with E-state index < -0.39 is 0 Å². The van der Waals surface area contributed by atoms with Crippen molar-refractivity contribution in [3.8, 4) is 0 Å². The van der Waals surface area contributed by atoms with E-state index >= 15 is 0 Å². The molecule has 0 atom stereocenters. The molecular formula is C8H10Ti. The molecular weight excluding hydrogens is 144 g/mol. The number of benzene rings is 1. The van der Waals surface area contributed by atoms with Crippen LogP contribution in [0.4, 0.5) is 0 Å². The van der Waals surface area contributed by atoms with Gasteiger partial charge in [-0.2, -0.15) is 0 Å². The third kappa shape index (κ3) is 2.83. The Morgan fingerprint density at radius 2 is 1.00 bits per heavy atom. The van der Waals surface area contributed by atoms with Gasteiger partial charge in [0, 0.05) is 21.7 Å². The van der Waals surface area contributed by atoms with Crippen LogP contribution in [0.15, 0.2) is 24.3 Å². The maximum atomic E-state index is 2.12.